The lowest BCUT2D eigenvalue weighted by Crippen LogP contribution is -2.48. The number of piperazine rings is 1. The number of hydrogen-bond acceptors (Lipinski definition) is 6. The van der Waals surface area contributed by atoms with Gasteiger partial charge in [-0.3, -0.25) is 9.69 Å². The maximum Gasteiger partial charge on any atom is 0.258 e. The molecule has 2 heterocycles. The summed E-state index contributed by atoms with van der Waals surface area (Å²) in [5.41, 5.74) is 1.26. The molecule has 2 aromatic rings. The fourth-order valence-corrected chi connectivity index (χ4v) is 3.86. The molecule has 1 amide bonds. The summed E-state index contributed by atoms with van der Waals surface area (Å²) >= 11 is 1.69. The summed E-state index contributed by atoms with van der Waals surface area (Å²) in [5, 5.41) is 7.29. The van der Waals surface area contributed by atoms with Crippen LogP contribution in [0.25, 0.3) is 0 Å². The van der Waals surface area contributed by atoms with E-state index in [1.807, 2.05) is 18.2 Å². The number of likely N-dealkylation sites (N-methyl/N-ethyl adjacent to an activating group) is 1. The molecule has 1 fully saturated rings. The first-order valence-electron chi connectivity index (χ1n) is 9.14. The first-order valence-corrected chi connectivity index (χ1v) is 10.1. The number of rotatable bonds is 8. The molecule has 0 aliphatic carbocycles. The third kappa shape index (κ3) is 5.69. The minimum Gasteiger partial charge on any atom is -0.497 e. The molecule has 1 aromatic heterocycles. The molecule has 1 aliphatic rings. The van der Waals surface area contributed by atoms with Gasteiger partial charge in [-0.2, -0.15) is 11.3 Å². The number of methoxy groups -OCH3 is 1. The lowest BCUT2D eigenvalue weighted by molar-refractivity contribution is -0.123. The molecule has 6 nitrogen and oxygen atoms in total. The molecule has 0 bridgehead atoms. The normalized spacial score (nSPS) is 16.7. The number of ether oxygens (including phenoxy) is 2. The molecular weight excluding hydrogens is 362 g/mol. The van der Waals surface area contributed by atoms with Gasteiger partial charge in [0.2, 0.25) is 0 Å². The Bertz CT molecular complexity index is 715. The molecule has 0 saturated carbocycles. The summed E-state index contributed by atoms with van der Waals surface area (Å²) in [6, 6.07) is 9.61. The number of nitrogens with one attached hydrogen (secondary N) is 1. The molecule has 7 heteroatoms. The van der Waals surface area contributed by atoms with Gasteiger partial charge in [-0.1, -0.05) is 6.07 Å². The van der Waals surface area contributed by atoms with Crippen molar-refractivity contribution in [2.24, 2.45) is 0 Å². The monoisotopic (exact) mass is 389 g/mol. The van der Waals surface area contributed by atoms with Gasteiger partial charge in [-0.15, -0.1) is 0 Å². The zero-order chi connectivity index (χ0) is 19.1. The Kier molecular flexibility index (Phi) is 7.09. The van der Waals surface area contributed by atoms with Gasteiger partial charge in [0.15, 0.2) is 6.61 Å². The maximum absolute atomic E-state index is 12.3. The van der Waals surface area contributed by atoms with Crippen LogP contribution < -0.4 is 14.8 Å². The number of amides is 1. The lowest BCUT2D eigenvalue weighted by atomic mass is 10.1. The number of thiophene rings is 1. The van der Waals surface area contributed by atoms with Gasteiger partial charge in [0.05, 0.1) is 13.2 Å². The predicted octanol–water partition coefficient (Wildman–Crippen LogP) is 2.24. The van der Waals surface area contributed by atoms with E-state index in [4.69, 9.17) is 9.47 Å². The van der Waals surface area contributed by atoms with E-state index >= 15 is 0 Å². The van der Waals surface area contributed by atoms with E-state index < -0.39 is 0 Å². The molecule has 3 rings (SSSR count). The molecule has 1 aromatic carbocycles. The van der Waals surface area contributed by atoms with Crippen LogP contribution in [0.4, 0.5) is 0 Å². The highest BCUT2D eigenvalue weighted by atomic mass is 32.1. The molecule has 1 atom stereocenters. The molecule has 146 valence electrons. The zero-order valence-electron chi connectivity index (χ0n) is 15.9. The standard InChI is InChI=1S/C20H27N3O3S/c1-22-7-9-23(10-8-22)19(16-6-11-27-15-16)13-21-20(24)14-26-18-5-3-4-17(12-18)25-2/h3-6,11-12,15,19H,7-10,13-14H2,1-2H3,(H,21,24)/t19-/m0/s1. The molecule has 1 aliphatic heterocycles. The van der Waals surface area contributed by atoms with Crippen LogP contribution in [-0.2, 0) is 4.79 Å². The number of nitrogens with zero attached hydrogens (tertiary/aromatic N) is 2. The van der Waals surface area contributed by atoms with E-state index in [1.165, 1.54) is 5.56 Å². The third-order valence-electron chi connectivity index (χ3n) is 4.81. The van der Waals surface area contributed by atoms with Crippen molar-refractivity contribution < 1.29 is 14.3 Å². The van der Waals surface area contributed by atoms with Crippen molar-refractivity contribution >= 4 is 17.2 Å². The van der Waals surface area contributed by atoms with Gasteiger partial charge in [0, 0.05) is 38.8 Å². The van der Waals surface area contributed by atoms with Crippen LogP contribution >= 0.6 is 11.3 Å². The van der Waals surface area contributed by atoms with Crippen molar-refractivity contribution in [3.05, 3.63) is 46.7 Å². The Balaban J connectivity index is 1.52. The predicted molar refractivity (Wildman–Crippen MR) is 108 cm³/mol. The third-order valence-corrected chi connectivity index (χ3v) is 5.51. The maximum atomic E-state index is 12.3. The minimum absolute atomic E-state index is 0.00768. The van der Waals surface area contributed by atoms with E-state index in [0.29, 0.717) is 18.0 Å². The van der Waals surface area contributed by atoms with Crippen molar-refractivity contribution in [1.82, 2.24) is 15.1 Å². The average Bonchev–Trinajstić information content (AvgIpc) is 3.22. The quantitative estimate of drug-likeness (QED) is 0.750. The lowest BCUT2D eigenvalue weighted by Gasteiger charge is -2.38. The molecule has 0 radical (unpaired) electrons. The van der Waals surface area contributed by atoms with Gasteiger partial charge in [-0.05, 0) is 41.6 Å². The molecule has 0 unspecified atom stereocenters. The first-order chi connectivity index (χ1) is 13.2. The first kappa shape index (κ1) is 19.7. The van der Waals surface area contributed by atoms with Crippen molar-refractivity contribution in [2.75, 3.05) is 53.5 Å². The molecule has 0 spiro atoms. The molecular formula is C20H27N3O3S. The number of carbonyl (C=O) groups is 1. The van der Waals surface area contributed by atoms with Crippen LogP contribution in [-0.4, -0.2) is 69.2 Å². The summed E-state index contributed by atoms with van der Waals surface area (Å²) in [4.78, 5) is 17.1. The van der Waals surface area contributed by atoms with Crippen LogP contribution in [0.3, 0.4) is 0 Å². The minimum atomic E-state index is -0.118. The Morgan fingerprint density at radius 2 is 2.00 bits per heavy atom. The van der Waals surface area contributed by atoms with Crippen molar-refractivity contribution in [3.63, 3.8) is 0 Å². The summed E-state index contributed by atoms with van der Waals surface area (Å²) in [6.45, 7) is 4.69. The Labute approximate surface area is 164 Å². The van der Waals surface area contributed by atoms with Crippen molar-refractivity contribution in [3.8, 4) is 11.5 Å². The SMILES string of the molecule is COc1cccc(OCC(=O)NC[C@@H](c2ccsc2)N2CCN(C)CC2)c1. The van der Waals surface area contributed by atoms with Gasteiger partial charge >= 0.3 is 0 Å². The fourth-order valence-electron chi connectivity index (χ4n) is 3.16. The molecule has 1 saturated heterocycles. The highest BCUT2D eigenvalue weighted by Crippen LogP contribution is 2.24. The van der Waals surface area contributed by atoms with E-state index in [2.05, 4.69) is 39.0 Å². The van der Waals surface area contributed by atoms with Crippen LogP contribution in [0.2, 0.25) is 0 Å². The second kappa shape index (κ2) is 9.73. The highest BCUT2D eigenvalue weighted by molar-refractivity contribution is 7.07. The number of benzene rings is 1. The van der Waals surface area contributed by atoms with E-state index in [9.17, 15) is 4.79 Å². The average molecular weight is 390 g/mol. The Morgan fingerprint density at radius 1 is 1.22 bits per heavy atom. The highest BCUT2D eigenvalue weighted by Gasteiger charge is 2.24. The van der Waals surface area contributed by atoms with Crippen LogP contribution in [0.5, 0.6) is 11.5 Å². The van der Waals surface area contributed by atoms with E-state index in [-0.39, 0.29) is 18.6 Å². The summed E-state index contributed by atoms with van der Waals surface area (Å²) in [6.07, 6.45) is 0. The van der Waals surface area contributed by atoms with E-state index in [1.54, 1.807) is 24.5 Å². The van der Waals surface area contributed by atoms with Crippen LogP contribution in [0.15, 0.2) is 41.1 Å². The van der Waals surface area contributed by atoms with E-state index in [0.717, 1.165) is 26.2 Å². The number of carbonyl (C=O) groups excluding carboxylic acids is 1. The largest absolute Gasteiger partial charge is 0.497 e. The van der Waals surface area contributed by atoms with Crippen LogP contribution in [0, 0.1) is 0 Å². The van der Waals surface area contributed by atoms with Crippen molar-refractivity contribution in [2.45, 2.75) is 6.04 Å². The Morgan fingerprint density at radius 3 is 2.70 bits per heavy atom. The second-order valence-electron chi connectivity index (χ2n) is 6.68. The topological polar surface area (TPSA) is 54.0 Å². The summed E-state index contributed by atoms with van der Waals surface area (Å²) in [7, 11) is 3.75. The molecule has 1 N–H and O–H groups in total. The van der Waals surface area contributed by atoms with Gasteiger partial charge < -0.3 is 19.7 Å². The van der Waals surface area contributed by atoms with Gasteiger partial charge in [0.1, 0.15) is 11.5 Å². The fraction of sp³-hybridized carbons (Fsp3) is 0.450. The smallest absolute Gasteiger partial charge is 0.258 e. The zero-order valence-corrected chi connectivity index (χ0v) is 16.7. The van der Waals surface area contributed by atoms with Crippen LogP contribution in [0.1, 0.15) is 11.6 Å². The summed E-state index contributed by atoms with van der Waals surface area (Å²) < 4.78 is 10.8. The van der Waals surface area contributed by atoms with Gasteiger partial charge in [-0.25, -0.2) is 0 Å². The van der Waals surface area contributed by atoms with Gasteiger partial charge in [0.25, 0.3) is 5.91 Å². The number of hydrogen-bond donors (Lipinski definition) is 1. The Hall–Kier alpha value is -2.09. The summed E-state index contributed by atoms with van der Waals surface area (Å²) in [5.74, 6) is 1.21. The second-order valence-corrected chi connectivity index (χ2v) is 7.46. The van der Waals surface area contributed by atoms with Crippen molar-refractivity contribution in [1.29, 1.82) is 0 Å². The molecule has 27 heavy (non-hydrogen) atoms.